The summed E-state index contributed by atoms with van der Waals surface area (Å²) in [5.41, 5.74) is 0. The van der Waals surface area contributed by atoms with Gasteiger partial charge in [-0.05, 0) is 6.42 Å². The molecule has 15 heavy (non-hydrogen) atoms. The van der Waals surface area contributed by atoms with Crippen LogP contribution in [0.15, 0.2) is 0 Å². The highest BCUT2D eigenvalue weighted by Crippen LogP contribution is 2.02. The maximum atomic E-state index is 11.4. The molecule has 0 bridgehead atoms. The molecule has 0 heterocycles. The van der Waals surface area contributed by atoms with Crippen LogP contribution >= 0.6 is 11.6 Å². The van der Waals surface area contributed by atoms with Gasteiger partial charge in [0.05, 0.1) is 12.9 Å². The average molecular weight is 258 g/mol. The van der Waals surface area contributed by atoms with E-state index in [0.717, 1.165) is 0 Å². The molecule has 0 saturated carbocycles. The number of hydrogen-bond donors (Lipinski definition) is 0. The molecule has 5 nitrogen and oxygen atoms in total. The lowest BCUT2D eigenvalue weighted by Crippen LogP contribution is -2.31. The normalized spacial score (nSPS) is 11.7. The van der Waals surface area contributed by atoms with Gasteiger partial charge in [-0.2, -0.15) is 0 Å². The van der Waals surface area contributed by atoms with Gasteiger partial charge in [0.1, 0.15) is 0 Å². The van der Waals surface area contributed by atoms with Gasteiger partial charge in [0.15, 0.2) is 0 Å². The van der Waals surface area contributed by atoms with Gasteiger partial charge in [-0.15, -0.1) is 11.6 Å². The Morgan fingerprint density at radius 3 is 2.53 bits per heavy atom. The molecule has 0 radical (unpaired) electrons. The van der Waals surface area contributed by atoms with Crippen molar-refractivity contribution >= 4 is 27.6 Å². The van der Waals surface area contributed by atoms with Crippen LogP contribution in [-0.4, -0.2) is 51.0 Å². The second-order valence-electron chi connectivity index (χ2n) is 3.01. The van der Waals surface area contributed by atoms with Gasteiger partial charge in [-0.3, -0.25) is 4.79 Å². The molecule has 0 aromatic rings. The second-order valence-corrected chi connectivity index (χ2v) is 5.58. The molecule has 0 rings (SSSR count). The Balaban J connectivity index is 3.93. The summed E-state index contributed by atoms with van der Waals surface area (Å²) in [6, 6.07) is 0. The van der Waals surface area contributed by atoms with Crippen LogP contribution in [0.4, 0.5) is 0 Å². The molecule has 0 atom stereocenters. The topological polar surface area (TPSA) is 63.7 Å². The van der Waals surface area contributed by atoms with E-state index in [-0.39, 0.29) is 24.0 Å². The molecule has 0 unspecified atom stereocenters. The van der Waals surface area contributed by atoms with Crippen LogP contribution in [0, 0.1) is 0 Å². The van der Waals surface area contributed by atoms with Crippen molar-refractivity contribution in [2.24, 2.45) is 0 Å². The average Bonchev–Trinajstić information content (AvgIpc) is 2.17. The van der Waals surface area contributed by atoms with Crippen LogP contribution in [0.25, 0.3) is 0 Å². The SMILES string of the molecule is COC(=O)CCCN(C)S(=O)(=O)CCCl. The largest absolute Gasteiger partial charge is 0.469 e. The first-order chi connectivity index (χ1) is 6.94. The molecule has 0 aromatic heterocycles. The summed E-state index contributed by atoms with van der Waals surface area (Å²) in [5, 5.41) is 0. The standard InChI is InChI=1S/C8H16ClNO4S/c1-10(15(12,13)7-5-9)6-3-4-8(11)14-2/h3-7H2,1-2H3. The van der Waals surface area contributed by atoms with Crippen molar-refractivity contribution in [1.82, 2.24) is 4.31 Å². The highest BCUT2D eigenvalue weighted by molar-refractivity contribution is 7.89. The van der Waals surface area contributed by atoms with Crippen molar-refractivity contribution in [2.45, 2.75) is 12.8 Å². The van der Waals surface area contributed by atoms with Crippen molar-refractivity contribution < 1.29 is 17.9 Å². The first-order valence-corrected chi connectivity index (χ1v) is 6.65. The van der Waals surface area contributed by atoms with E-state index in [9.17, 15) is 13.2 Å². The molecule has 7 heteroatoms. The third kappa shape index (κ3) is 5.96. The van der Waals surface area contributed by atoms with Gasteiger partial charge in [-0.1, -0.05) is 0 Å². The number of sulfonamides is 1. The Morgan fingerprint density at radius 1 is 1.47 bits per heavy atom. The van der Waals surface area contributed by atoms with Crippen LogP contribution in [0.3, 0.4) is 0 Å². The zero-order valence-electron chi connectivity index (χ0n) is 8.90. The summed E-state index contributed by atoms with van der Waals surface area (Å²) < 4.78 is 28.4. The fourth-order valence-corrected chi connectivity index (χ4v) is 2.44. The van der Waals surface area contributed by atoms with Crippen LogP contribution in [0.5, 0.6) is 0 Å². The van der Waals surface area contributed by atoms with Crippen molar-refractivity contribution in [2.75, 3.05) is 32.3 Å². The number of carbonyl (C=O) groups excluding carboxylic acids is 1. The van der Waals surface area contributed by atoms with E-state index in [1.165, 1.54) is 18.5 Å². The number of rotatable bonds is 7. The molecule has 0 amide bonds. The first kappa shape index (κ1) is 14.7. The fourth-order valence-electron chi connectivity index (χ4n) is 0.941. The summed E-state index contributed by atoms with van der Waals surface area (Å²) in [6.45, 7) is 0.300. The molecule has 0 N–H and O–H groups in total. The Kier molecular flexibility index (Phi) is 6.87. The van der Waals surface area contributed by atoms with Crippen LogP contribution in [0.2, 0.25) is 0 Å². The molecular formula is C8H16ClNO4S. The van der Waals surface area contributed by atoms with Gasteiger partial charge < -0.3 is 4.74 Å². The lowest BCUT2D eigenvalue weighted by molar-refractivity contribution is -0.140. The Hall–Kier alpha value is -0.330. The third-order valence-corrected chi connectivity index (χ3v) is 4.16. The Bertz CT molecular complexity index is 291. The number of methoxy groups -OCH3 is 1. The van der Waals surface area contributed by atoms with Gasteiger partial charge in [0, 0.05) is 25.9 Å². The lowest BCUT2D eigenvalue weighted by atomic mass is 10.3. The summed E-state index contributed by atoms with van der Waals surface area (Å²) in [4.78, 5) is 10.8. The second kappa shape index (κ2) is 7.03. The lowest BCUT2D eigenvalue weighted by Gasteiger charge is -2.15. The number of esters is 1. The molecule has 0 aliphatic rings. The molecular weight excluding hydrogens is 242 g/mol. The van der Waals surface area contributed by atoms with Crippen molar-refractivity contribution in [3.05, 3.63) is 0 Å². The molecule has 0 aromatic carbocycles. The first-order valence-electron chi connectivity index (χ1n) is 4.51. The van der Waals surface area contributed by atoms with E-state index in [1.807, 2.05) is 0 Å². The highest BCUT2D eigenvalue weighted by atomic mass is 35.5. The number of ether oxygens (including phenoxy) is 1. The number of alkyl halides is 1. The smallest absolute Gasteiger partial charge is 0.305 e. The number of hydrogen-bond acceptors (Lipinski definition) is 4. The molecule has 0 aliphatic heterocycles. The van der Waals surface area contributed by atoms with Crippen molar-refractivity contribution in [3.8, 4) is 0 Å². The minimum atomic E-state index is -3.27. The Labute approximate surface area is 95.4 Å². The van der Waals surface area contributed by atoms with Crippen molar-refractivity contribution in [1.29, 1.82) is 0 Å². The molecule has 90 valence electrons. The van der Waals surface area contributed by atoms with E-state index >= 15 is 0 Å². The number of halogens is 1. The fraction of sp³-hybridized carbons (Fsp3) is 0.875. The predicted octanol–water partition coefficient (Wildman–Crippen LogP) is 0.440. The summed E-state index contributed by atoms with van der Waals surface area (Å²) in [6.07, 6.45) is 0.669. The Morgan fingerprint density at radius 2 is 2.07 bits per heavy atom. The number of carbonyl (C=O) groups is 1. The summed E-state index contributed by atoms with van der Waals surface area (Å²) >= 11 is 5.36. The van der Waals surface area contributed by atoms with Crippen molar-refractivity contribution in [3.63, 3.8) is 0 Å². The van der Waals surface area contributed by atoms with Gasteiger partial charge in [0.25, 0.3) is 0 Å². The minimum Gasteiger partial charge on any atom is -0.469 e. The molecule has 0 aliphatic carbocycles. The summed E-state index contributed by atoms with van der Waals surface area (Å²) in [7, 11) is -0.492. The maximum Gasteiger partial charge on any atom is 0.305 e. The molecule has 0 fully saturated rings. The van der Waals surface area contributed by atoms with Crippen LogP contribution < -0.4 is 0 Å². The monoisotopic (exact) mass is 257 g/mol. The summed E-state index contributed by atoms with van der Waals surface area (Å²) in [5.74, 6) is -0.342. The third-order valence-electron chi connectivity index (χ3n) is 1.89. The van der Waals surface area contributed by atoms with Crippen LogP contribution in [-0.2, 0) is 19.6 Å². The van der Waals surface area contributed by atoms with E-state index in [1.54, 1.807) is 0 Å². The highest BCUT2D eigenvalue weighted by Gasteiger charge is 2.16. The molecule has 0 spiro atoms. The van der Waals surface area contributed by atoms with Gasteiger partial charge in [-0.25, -0.2) is 12.7 Å². The minimum absolute atomic E-state index is 0.0731. The zero-order chi connectivity index (χ0) is 11.9. The predicted molar refractivity (Wildman–Crippen MR) is 58.4 cm³/mol. The van der Waals surface area contributed by atoms with E-state index in [4.69, 9.17) is 11.6 Å². The maximum absolute atomic E-state index is 11.4. The van der Waals surface area contributed by atoms with E-state index in [2.05, 4.69) is 4.74 Å². The number of nitrogens with zero attached hydrogens (tertiary/aromatic N) is 1. The van der Waals surface area contributed by atoms with Gasteiger partial charge in [0.2, 0.25) is 10.0 Å². The molecule has 0 saturated heterocycles. The quantitative estimate of drug-likeness (QED) is 0.490. The van der Waals surface area contributed by atoms with Gasteiger partial charge >= 0.3 is 5.97 Å². The van der Waals surface area contributed by atoms with E-state index in [0.29, 0.717) is 13.0 Å². The zero-order valence-corrected chi connectivity index (χ0v) is 10.5. The van der Waals surface area contributed by atoms with E-state index < -0.39 is 10.0 Å². The van der Waals surface area contributed by atoms with Crippen LogP contribution in [0.1, 0.15) is 12.8 Å².